The largest absolute Gasteiger partial charge is 0.378 e. The van der Waals surface area contributed by atoms with Crippen LogP contribution in [-0.4, -0.2) is 49.3 Å². The molecule has 3 nitrogen and oxygen atoms in total. The first-order valence-electron chi connectivity index (χ1n) is 6.16. The normalized spacial score (nSPS) is 24.4. The van der Waals surface area contributed by atoms with Crippen LogP contribution in [0.25, 0.3) is 0 Å². The van der Waals surface area contributed by atoms with Crippen molar-refractivity contribution in [3.8, 4) is 0 Å². The van der Waals surface area contributed by atoms with Crippen molar-refractivity contribution in [2.45, 2.75) is 45.7 Å². The lowest BCUT2D eigenvalue weighted by atomic mass is 10.0. The number of morpholine rings is 1. The van der Waals surface area contributed by atoms with Gasteiger partial charge in [0.05, 0.1) is 13.2 Å². The van der Waals surface area contributed by atoms with E-state index >= 15 is 0 Å². The summed E-state index contributed by atoms with van der Waals surface area (Å²) >= 11 is 0. The zero-order valence-corrected chi connectivity index (χ0v) is 10.7. The van der Waals surface area contributed by atoms with E-state index < -0.39 is 0 Å². The molecule has 0 radical (unpaired) electrons. The standard InChI is InChI=1S/C12H26N2O/c1-5-11-9-15-8-7-14(11)10-12(3,4)13-6-2/h11,13H,5-10H2,1-4H3. The van der Waals surface area contributed by atoms with Crippen LogP contribution in [0.5, 0.6) is 0 Å². The summed E-state index contributed by atoms with van der Waals surface area (Å²) in [4.78, 5) is 2.56. The fraction of sp³-hybridized carbons (Fsp3) is 1.00. The molecule has 0 aliphatic carbocycles. The van der Waals surface area contributed by atoms with Gasteiger partial charge in [0.15, 0.2) is 0 Å². The van der Waals surface area contributed by atoms with Crippen molar-refractivity contribution in [1.29, 1.82) is 0 Å². The van der Waals surface area contributed by atoms with E-state index in [0.717, 1.165) is 32.8 Å². The van der Waals surface area contributed by atoms with E-state index in [9.17, 15) is 0 Å². The second-order valence-corrected chi connectivity index (χ2v) is 5.02. The smallest absolute Gasteiger partial charge is 0.0622 e. The topological polar surface area (TPSA) is 24.5 Å². The molecule has 1 aliphatic rings. The predicted octanol–water partition coefficient (Wildman–Crippen LogP) is 1.49. The Balaban J connectivity index is 2.46. The molecule has 1 unspecified atom stereocenters. The molecule has 0 spiro atoms. The first-order valence-corrected chi connectivity index (χ1v) is 6.16. The average molecular weight is 214 g/mol. The average Bonchev–Trinajstić information content (AvgIpc) is 2.17. The highest BCUT2D eigenvalue weighted by Crippen LogP contribution is 2.14. The van der Waals surface area contributed by atoms with Crippen LogP contribution in [0, 0.1) is 0 Å². The van der Waals surface area contributed by atoms with Crippen LogP contribution in [0.2, 0.25) is 0 Å². The van der Waals surface area contributed by atoms with Gasteiger partial charge in [-0.05, 0) is 26.8 Å². The summed E-state index contributed by atoms with van der Waals surface area (Å²) in [5, 5.41) is 3.53. The maximum absolute atomic E-state index is 5.52. The van der Waals surface area contributed by atoms with Gasteiger partial charge in [-0.25, -0.2) is 0 Å². The number of ether oxygens (including phenoxy) is 1. The maximum Gasteiger partial charge on any atom is 0.0622 e. The van der Waals surface area contributed by atoms with E-state index in [0.29, 0.717) is 6.04 Å². The molecular weight excluding hydrogens is 188 g/mol. The Bertz CT molecular complexity index is 182. The minimum atomic E-state index is 0.208. The van der Waals surface area contributed by atoms with E-state index in [1.807, 2.05) is 0 Å². The van der Waals surface area contributed by atoms with E-state index in [1.165, 1.54) is 6.42 Å². The zero-order valence-electron chi connectivity index (χ0n) is 10.7. The van der Waals surface area contributed by atoms with Crippen molar-refractivity contribution in [1.82, 2.24) is 10.2 Å². The molecule has 0 bridgehead atoms. The minimum Gasteiger partial charge on any atom is -0.378 e. The van der Waals surface area contributed by atoms with Gasteiger partial charge in [-0.2, -0.15) is 0 Å². The monoisotopic (exact) mass is 214 g/mol. The molecular formula is C12H26N2O. The quantitative estimate of drug-likeness (QED) is 0.750. The third-order valence-corrected chi connectivity index (χ3v) is 3.07. The molecule has 1 aliphatic heterocycles. The van der Waals surface area contributed by atoms with Crippen LogP contribution in [0.15, 0.2) is 0 Å². The van der Waals surface area contributed by atoms with E-state index in [4.69, 9.17) is 4.74 Å². The first-order chi connectivity index (χ1) is 7.09. The highest BCUT2D eigenvalue weighted by Gasteiger charge is 2.27. The van der Waals surface area contributed by atoms with Crippen LogP contribution in [0.4, 0.5) is 0 Å². The summed E-state index contributed by atoms with van der Waals surface area (Å²) in [5.41, 5.74) is 0.208. The highest BCUT2D eigenvalue weighted by molar-refractivity contribution is 4.85. The van der Waals surface area contributed by atoms with Crippen LogP contribution < -0.4 is 5.32 Å². The molecule has 0 aromatic heterocycles. The van der Waals surface area contributed by atoms with Crippen molar-refractivity contribution < 1.29 is 4.74 Å². The van der Waals surface area contributed by atoms with Gasteiger partial charge < -0.3 is 10.1 Å². The summed E-state index contributed by atoms with van der Waals surface area (Å²) in [5.74, 6) is 0. The van der Waals surface area contributed by atoms with Gasteiger partial charge >= 0.3 is 0 Å². The van der Waals surface area contributed by atoms with Gasteiger partial charge in [0, 0.05) is 24.7 Å². The molecule has 1 heterocycles. The van der Waals surface area contributed by atoms with Gasteiger partial charge in [-0.15, -0.1) is 0 Å². The minimum absolute atomic E-state index is 0.208. The lowest BCUT2D eigenvalue weighted by molar-refractivity contribution is -0.0183. The number of hydrogen-bond donors (Lipinski definition) is 1. The number of nitrogens with zero attached hydrogens (tertiary/aromatic N) is 1. The molecule has 1 N–H and O–H groups in total. The number of hydrogen-bond acceptors (Lipinski definition) is 3. The Morgan fingerprint density at radius 1 is 1.40 bits per heavy atom. The lowest BCUT2D eigenvalue weighted by Gasteiger charge is -2.40. The summed E-state index contributed by atoms with van der Waals surface area (Å²) in [6.45, 7) is 14.0. The fourth-order valence-corrected chi connectivity index (χ4v) is 2.32. The molecule has 1 rings (SSSR count). The Labute approximate surface area is 94.2 Å². The van der Waals surface area contributed by atoms with E-state index in [-0.39, 0.29) is 5.54 Å². The summed E-state index contributed by atoms with van der Waals surface area (Å²) in [7, 11) is 0. The molecule has 90 valence electrons. The zero-order chi connectivity index (χ0) is 11.3. The Morgan fingerprint density at radius 2 is 2.13 bits per heavy atom. The third kappa shape index (κ3) is 4.09. The molecule has 1 saturated heterocycles. The Hall–Kier alpha value is -0.120. The van der Waals surface area contributed by atoms with E-state index in [2.05, 4.69) is 37.9 Å². The maximum atomic E-state index is 5.52. The molecule has 15 heavy (non-hydrogen) atoms. The SMILES string of the molecule is CCNC(C)(C)CN1CCOCC1CC. The molecule has 0 aromatic carbocycles. The van der Waals surface area contributed by atoms with Crippen molar-refractivity contribution >= 4 is 0 Å². The number of nitrogens with one attached hydrogen (secondary N) is 1. The van der Waals surface area contributed by atoms with Crippen LogP contribution >= 0.6 is 0 Å². The van der Waals surface area contributed by atoms with Gasteiger partial charge in [0.2, 0.25) is 0 Å². The van der Waals surface area contributed by atoms with Crippen molar-refractivity contribution in [3.63, 3.8) is 0 Å². The summed E-state index contributed by atoms with van der Waals surface area (Å²) < 4.78 is 5.52. The Kier molecular flexibility index (Phi) is 5.03. The predicted molar refractivity (Wildman–Crippen MR) is 64.2 cm³/mol. The van der Waals surface area contributed by atoms with Gasteiger partial charge in [-0.3, -0.25) is 4.90 Å². The van der Waals surface area contributed by atoms with Gasteiger partial charge in [0.1, 0.15) is 0 Å². The summed E-state index contributed by atoms with van der Waals surface area (Å²) in [6.07, 6.45) is 1.18. The van der Waals surface area contributed by atoms with E-state index in [1.54, 1.807) is 0 Å². The highest BCUT2D eigenvalue weighted by atomic mass is 16.5. The van der Waals surface area contributed by atoms with Crippen LogP contribution in [0.1, 0.15) is 34.1 Å². The van der Waals surface area contributed by atoms with Gasteiger partial charge in [0.25, 0.3) is 0 Å². The Morgan fingerprint density at radius 3 is 2.73 bits per heavy atom. The van der Waals surface area contributed by atoms with Crippen LogP contribution in [0.3, 0.4) is 0 Å². The molecule has 3 heteroatoms. The van der Waals surface area contributed by atoms with Crippen molar-refractivity contribution in [3.05, 3.63) is 0 Å². The van der Waals surface area contributed by atoms with Crippen molar-refractivity contribution in [2.75, 3.05) is 32.8 Å². The molecule has 1 atom stereocenters. The number of likely N-dealkylation sites (N-methyl/N-ethyl adjacent to an activating group) is 1. The third-order valence-electron chi connectivity index (χ3n) is 3.07. The number of rotatable bonds is 5. The summed E-state index contributed by atoms with van der Waals surface area (Å²) in [6, 6.07) is 0.608. The lowest BCUT2D eigenvalue weighted by Crippen LogP contribution is -2.55. The molecule has 0 aromatic rings. The second-order valence-electron chi connectivity index (χ2n) is 5.02. The fourth-order valence-electron chi connectivity index (χ4n) is 2.32. The van der Waals surface area contributed by atoms with Crippen LogP contribution in [-0.2, 0) is 4.74 Å². The first kappa shape index (κ1) is 12.9. The second kappa shape index (κ2) is 5.83. The van der Waals surface area contributed by atoms with Crippen molar-refractivity contribution in [2.24, 2.45) is 0 Å². The molecule has 1 fully saturated rings. The van der Waals surface area contributed by atoms with Gasteiger partial charge in [-0.1, -0.05) is 13.8 Å². The molecule has 0 saturated carbocycles. The molecule has 0 amide bonds.